The molecule has 4 heterocycles. The van der Waals surface area contributed by atoms with Crippen molar-refractivity contribution in [1.82, 2.24) is 24.8 Å². The average molecular weight is 529 g/mol. The molecule has 2 N–H and O–H groups in total. The Hall–Kier alpha value is -4.11. The summed E-state index contributed by atoms with van der Waals surface area (Å²) in [7, 11) is 0. The van der Waals surface area contributed by atoms with E-state index in [1.54, 1.807) is 24.4 Å². The molecule has 0 radical (unpaired) electrons. The SMILES string of the molecule is Cc1ccc(-n2c(C)cc([C@@H]3[C@@H](c4ccccn4)NC(=S)N3CCC(=O)Nc3ccccc3F)c2C)nc1. The number of aromatic nitrogens is 3. The summed E-state index contributed by atoms with van der Waals surface area (Å²) in [6.07, 6.45) is 3.76. The smallest absolute Gasteiger partial charge is 0.226 e. The maximum absolute atomic E-state index is 14.1. The number of aryl methyl sites for hydroxylation is 2. The number of nitrogens with zero attached hydrogens (tertiary/aromatic N) is 4. The van der Waals surface area contributed by atoms with Crippen LogP contribution in [0, 0.1) is 26.6 Å². The van der Waals surface area contributed by atoms with Crippen LogP contribution in [-0.4, -0.2) is 37.0 Å². The van der Waals surface area contributed by atoms with Gasteiger partial charge in [-0.1, -0.05) is 24.3 Å². The minimum atomic E-state index is -0.468. The molecule has 194 valence electrons. The quantitative estimate of drug-likeness (QED) is 0.316. The number of halogens is 1. The van der Waals surface area contributed by atoms with E-state index in [-0.39, 0.29) is 30.1 Å². The molecular weight excluding hydrogens is 499 g/mol. The molecule has 0 spiro atoms. The number of benzene rings is 1. The van der Waals surface area contributed by atoms with Crippen LogP contribution in [0.5, 0.6) is 0 Å². The highest BCUT2D eigenvalue weighted by Crippen LogP contribution is 2.41. The minimum Gasteiger partial charge on any atom is -0.352 e. The number of carbonyl (C=O) groups excluding carboxylic acids is 1. The molecule has 1 saturated heterocycles. The molecule has 38 heavy (non-hydrogen) atoms. The molecule has 0 unspecified atom stereocenters. The number of nitrogens with one attached hydrogen (secondary N) is 2. The van der Waals surface area contributed by atoms with E-state index in [4.69, 9.17) is 12.2 Å². The topological polar surface area (TPSA) is 75.1 Å². The maximum Gasteiger partial charge on any atom is 0.226 e. The highest BCUT2D eigenvalue weighted by molar-refractivity contribution is 7.80. The number of pyridine rings is 2. The molecule has 1 aliphatic heterocycles. The lowest BCUT2D eigenvalue weighted by Gasteiger charge is -2.28. The molecule has 4 aromatic rings. The van der Waals surface area contributed by atoms with Crippen LogP contribution in [-0.2, 0) is 4.79 Å². The van der Waals surface area contributed by atoms with E-state index in [0.717, 1.165) is 34.0 Å². The molecule has 3 aromatic heterocycles. The van der Waals surface area contributed by atoms with Gasteiger partial charge >= 0.3 is 0 Å². The summed E-state index contributed by atoms with van der Waals surface area (Å²) in [6.45, 7) is 6.50. The van der Waals surface area contributed by atoms with Gasteiger partial charge in [0.15, 0.2) is 5.11 Å². The molecule has 0 aliphatic carbocycles. The second-order valence-corrected chi connectivity index (χ2v) is 9.84. The van der Waals surface area contributed by atoms with Gasteiger partial charge in [0.1, 0.15) is 11.6 Å². The van der Waals surface area contributed by atoms with Crippen molar-refractivity contribution in [1.29, 1.82) is 0 Å². The highest BCUT2D eigenvalue weighted by Gasteiger charge is 2.41. The van der Waals surface area contributed by atoms with Gasteiger partial charge in [0, 0.05) is 36.7 Å². The van der Waals surface area contributed by atoms with E-state index in [1.165, 1.54) is 6.07 Å². The van der Waals surface area contributed by atoms with Gasteiger partial charge in [0.25, 0.3) is 0 Å². The molecule has 9 heteroatoms. The van der Waals surface area contributed by atoms with E-state index in [0.29, 0.717) is 11.7 Å². The maximum atomic E-state index is 14.1. The summed E-state index contributed by atoms with van der Waals surface area (Å²) >= 11 is 5.76. The zero-order valence-electron chi connectivity index (χ0n) is 21.5. The predicted molar refractivity (Wildman–Crippen MR) is 150 cm³/mol. The lowest BCUT2D eigenvalue weighted by Crippen LogP contribution is -2.33. The number of rotatable bonds is 7. The Kier molecular flexibility index (Phi) is 7.20. The third kappa shape index (κ3) is 5.02. The zero-order valence-corrected chi connectivity index (χ0v) is 22.3. The Morgan fingerprint density at radius 2 is 1.87 bits per heavy atom. The van der Waals surface area contributed by atoms with Gasteiger partial charge in [-0.2, -0.15) is 0 Å². The summed E-state index contributed by atoms with van der Waals surface area (Å²) in [5.74, 6) is 0.0901. The third-order valence-electron chi connectivity index (χ3n) is 6.84. The van der Waals surface area contributed by atoms with Crippen LogP contribution in [0.25, 0.3) is 5.82 Å². The molecule has 0 saturated carbocycles. The molecule has 1 aromatic carbocycles. The predicted octanol–water partition coefficient (Wildman–Crippen LogP) is 5.33. The average Bonchev–Trinajstić information content (AvgIpc) is 3.39. The van der Waals surface area contributed by atoms with E-state index in [9.17, 15) is 9.18 Å². The molecule has 2 atom stereocenters. The second kappa shape index (κ2) is 10.7. The first-order valence-electron chi connectivity index (χ1n) is 12.5. The summed E-state index contributed by atoms with van der Waals surface area (Å²) in [6, 6.07) is 17.7. The Morgan fingerprint density at radius 1 is 1.08 bits per heavy atom. The first-order valence-corrected chi connectivity index (χ1v) is 12.9. The fraction of sp³-hybridized carbons (Fsp3) is 0.241. The van der Waals surface area contributed by atoms with E-state index in [2.05, 4.69) is 45.1 Å². The van der Waals surface area contributed by atoms with Gasteiger partial charge < -0.3 is 20.1 Å². The summed E-state index contributed by atoms with van der Waals surface area (Å²) < 4.78 is 16.2. The number of thiocarbonyl (C=S) groups is 1. The zero-order chi connectivity index (χ0) is 26.8. The number of para-hydroxylation sites is 1. The number of carbonyl (C=O) groups is 1. The molecule has 1 aliphatic rings. The fourth-order valence-electron chi connectivity index (χ4n) is 5.01. The fourth-order valence-corrected chi connectivity index (χ4v) is 5.35. The van der Waals surface area contributed by atoms with Crippen LogP contribution >= 0.6 is 12.2 Å². The van der Waals surface area contributed by atoms with Gasteiger partial charge in [-0.05, 0) is 80.5 Å². The number of amides is 1. The Labute approximate surface area is 226 Å². The van der Waals surface area contributed by atoms with Crippen molar-refractivity contribution in [3.05, 3.63) is 107 Å². The molecule has 5 rings (SSSR count). The van der Waals surface area contributed by atoms with E-state index in [1.807, 2.05) is 48.4 Å². The Morgan fingerprint density at radius 3 is 2.58 bits per heavy atom. The monoisotopic (exact) mass is 528 g/mol. The van der Waals surface area contributed by atoms with E-state index >= 15 is 0 Å². The largest absolute Gasteiger partial charge is 0.352 e. The van der Waals surface area contributed by atoms with Crippen LogP contribution in [0.2, 0.25) is 0 Å². The summed E-state index contributed by atoms with van der Waals surface area (Å²) in [4.78, 5) is 24.0. The second-order valence-electron chi connectivity index (χ2n) is 9.45. The van der Waals surface area contributed by atoms with Gasteiger partial charge in [-0.3, -0.25) is 9.78 Å². The molecule has 1 fully saturated rings. The summed E-state index contributed by atoms with van der Waals surface area (Å²) in [5.41, 5.74) is 5.27. The van der Waals surface area contributed by atoms with Crippen LogP contribution in [0.15, 0.2) is 73.1 Å². The third-order valence-corrected chi connectivity index (χ3v) is 7.19. The first kappa shape index (κ1) is 25.5. The van der Waals surface area contributed by atoms with Crippen molar-refractivity contribution in [3.8, 4) is 5.82 Å². The lowest BCUT2D eigenvalue weighted by molar-refractivity contribution is -0.116. The highest BCUT2D eigenvalue weighted by atomic mass is 32.1. The van der Waals surface area contributed by atoms with Crippen LogP contribution in [0.3, 0.4) is 0 Å². The lowest BCUT2D eigenvalue weighted by atomic mass is 9.96. The van der Waals surface area contributed by atoms with Gasteiger partial charge in [-0.25, -0.2) is 9.37 Å². The number of anilines is 1. The standard InChI is InChI=1S/C29H29FN6OS/c1-18-11-12-25(32-17-18)36-19(2)16-21(20(36)3)28-27(24-10-6-7-14-31-24)34-29(38)35(28)15-13-26(37)33-23-9-5-4-8-22(23)30/h4-12,14,16-17,27-28H,13,15H2,1-3H3,(H,33,37)(H,34,38)/t27-,28-/m1/s1. The van der Waals surface area contributed by atoms with Crippen LogP contribution in [0.4, 0.5) is 10.1 Å². The van der Waals surface area contributed by atoms with Crippen molar-refractivity contribution in [3.63, 3.8) is 0 Å². The van der Waals surface area contributed by atoms with Gasteiger partial charge in [0.05, 0.1) is 23.5 Å². The first-order chi connectivity index (χ1) is 18.3. The molecule has 1 amide bonds. The molecule has 7 nitrogen and oxygen atoms in total. The van der Waals surface area contributed by atoms with Gasteiger partial charge in [-0.15, -0.1) is 0 Å². The van der Waals surface area contributed by atoms with Crippen molar-refractivity contribution >= 4 is 28.9 Å². The Balaban J connectivity index is 1.47. The van der Waals surface area contributed by atoms with Crippen LogP contribution in [0.1, 0.15) is 46.7 Å². The van der Waals surface area contributed by atoms with Crippen molar-refractivity contribution < 1.29 is 9.18 Å². The summed E-state index contributed by atoms with van der Waals surface area (Å²) in [5, 5.41) is 6.65. The van der Waals surface area contributed by atoms with Crippen molar-refractivity contribution in [2.45, 2.75) is 39.3 Å². The van der Waals surface area contributed by atoms with Crippen molar-refractivity contribution in [2.75, 3.05) is 11.9 Å². The van der Waals surface area contributed by atoms with Gasteiger partial charge in [0.2, 0.25) is 5.91 Å². The molecular formula is C29H29FN6OS. The normalized spacial score (nSPS) is 16.9. The Bertz CT molecular complexity index is 1470. The molecule has 0 bridgehead atoms. The minimum absolute atomic E-state index is 0.139. The van der Waals surface area contributed by atoms with Crippen molar-refractivity contribution in [2.24, 2.45) is 0 Å². The van der Waals surface area contributed by atoms with E-state index < -0.39 is 5.82 Å². The van der Waals surface area contributed by atoms with Crippen LogP contribution < -0.4 is 10.6 Å². The number of hydrogen-bond donors (Lipinski definition) is 2. The number of hydrogen-bond acceptors (Lipinski definition) is 4.